The number of rotatable bonds is 5. The lowest BCUT2D eigenvalue weighted by Crippen LogP contribution is -2.30. The van der Waals surface area contributed by atoms with E-state index in [-0.39, 0.29) is 30.6 Å². The molecule has 7 nitrogen and oxygen atoms in total. The fraction of sp³-hybridized carbons (Fsp3) is 0.706. The summed E-state index contributed by atoms with van der Waals surface area (Å²) in [6.07, 6.45) is 6.81. The fourth-order valence-electron chi connectivity index (χ4n) is 3.62. The van der Waals surface area contributed by atoms with Crippen LogP contribution in [0.4, 0.5) is 0 Å². The van der Waals surface area contributed by atoms with Gasteiger partial charge < -0.3 is 15.3 Å². The van der Waals surface area contributed by atoms with Crippen molar-refractivity contribution >= 4 is 11.8 Å². The zero-order valence-corrected chi connectivity index (χ0v) is 14.2. The van der Waals surface area contributed by atoms with E-state index in [0.29, 0.717) is 12.2 Å². The number of nitrogens with zero attached hydrogens (tertiary/aromatic N) is 3. The molecule has 132 valence electrons. The SMILES string of the molecule is CN(CCCC1CCCC1)C(=O)c1cc2n(n1)CC(O)CNC2=O. The van der Waals surface area contributed by atoms with E-state index in [4.69, 9.17) is 0 Å². The Balaban J connectivity index is 1.59. The van der Waals surface area contributed by atoms with Crippen LogP contribution < -0.4 is 5.32 Å². The Morgan fingerprint density at radius 1 is 1.46 bits per heavy atom. The molecule has 24 heavy (non-hydrogen) atoms. The molecule has 0 saturated heterocycles. The molecule has 1 unspecified atom stereocenters. The number of fused-ring (bicyclic) bond motifs is 1. The molecule has 1 atom stereocenters. The van der Waals surface area contributed by atoms with E-state index in [9.17, 15) is 14.7 Å². The number of hydrogen-bond donors (Lipinski definition) is 2. The molecule has 3 rings (SSSR count). The molecule has 1 fully saturated rings. The molecular formula is C17H26N4O3. The maximum atomic E-state index is 12.5. The monoisotopic (exact) mass is 334 g/mol. The normalized spacial score (nSPS) is 21.2. The fourth-order valence-corrected chi connectivity index (χ4v) is 3.62. The van der Waals surface area contributed by atoms with Gasteiger partial charge in [0.2, 0.25) is 0 Å². The molecule has 2 N–H and O–H groups in total. The van der Waals surface area contributed by atoms with E-state index in [1.54, 1.807) is 11.9 Å². The van der Waals surface area contributed by atoms with Crippen LogP contribution in [-0.2, 0) is 6.54 Å². The summed E-state index contributed by atoms with van der Waals surface area (Å²) >= 11 is 0. The number of hydrogen-bond acceptors (Lipinski definition) is 4. The number of aliphatic hydroxyl groups is 1. The molecule has 2 aliphatic rings. The Morgan fingerprint density at radius 3 is 2.96 bits per heavy atom. The highest BCUT2D eigenvalue weighted by molar-refractivity contribution is 5.98. The van der Waals surface area contributed by atoms with Crippen LogP contribution in [-0.4, -0.2) is 57.8 Å². The number of nitrogens with one attached hydrogen (secondary N) is 1. The minimum Gasteiger partial charge on any atom is -0.389 e. The third kappa shape index (κ3) is 3.77. The highest BCUT2D eigenvalue weighted by Crippen LogP contribution is 2.28. The molecule has 0 aromatic carbocycles. The first kappa shape index (κ1) is 17.0. The van der Waals surface area contributed by atoms with Crippen LogP contribution in [0.3, 0.4) is 0 Å². The number of carbonyl (C=O) groups excluding carboxylic acids is 2. The average Bonchev–Trinajstić information content (AvgIpc) is 3.19. The molecule has 1 aliphatic carbocycles. The predicted octanol–water partition coefficient (Wildman–Crippen LogP) is 1.03. The first-order chi connectivity index (χ1) is 11.5. The quantitative estimate of drug-likeness (QED) is 0.842. The average molecular weight is 334 g/mol. The van der Waals surface area contributed by atoms with Gasteiger partial charge in [-0.25, -0.2) is 0 Å². The van der Waals surface area contributed by atoms with Crippen molar-refractivity contribution in [1.29, 1.82) is 0 Å². The van der Waals surface area contributed by atoms with Crippen molar-refractivity contribution in [3.8, 4) is 0 Å². The molecule has 0 spiro atoms. The van der Waals surface area contributed by atoms with Crippen LogP contribution >= 0.6 is 0 Å². The van der Waals surface area contributed by atoms with E-state index in [0.717, 1.165) is 12.3 Å². The van der Waals surface area contributed by atoms with Gasteiger partial charge in [0.1, 0.15) is 5.69 Å². The summed E-state index contributed by atoms with van der Waals surface area (Å²) in [5.41, 5.74) is 0.590. The van der Waals surface area contributed by atoms with Crippen molar-refractivity contribution in [3.05, 3.63) is 17.5 Å². The van der Waals surface area contributed by atoms with Gasteiger partial charge in [-0.05, 0) is 18.8 Å². The van der Waals surface area contributed by atoms with E-state index in [1.165, 1.54) is 42.9 Å². The first-order valence-electron chi connectivity index (χ1n) is 8.84. The van der Waals surface area contributed by atoms with Crippen LogP contribution in [0.25, 0.3) is 0 Å². The molecule has 1 aliphatic heterocycles. The van der Waals surface area contributed by atoms with Gasteiger partial charge in [-0.1, -0.05) is 25.7 Å². The number of aliphatic hydroxyl groups excluding tert-OH is 1. The van der Waals surface area contributed by atoms with Gasteiger partial charge in [0.25, 0.3) is 11.8 Å². The molecule has 2 amide bonds. The highest BCUT2D eigenvalue weighted by atomic mass is 16.3. The summed E-state index contributed by atoms with van der Waals surface area (Å²) in [6, 6.07) is 1.52. The predicted molar refractivity (Wildman–Crippen MR) is 88.7 cm³/mol. The second kappa shape index (κ2) is 7.34. The van der Waals surface area contributed by atoms with Gasteiger partial charge in [0, 0.05) is 26.2 Å². The standard InChI is InChI=1S/C17H26N4O3/c1-20(8-4-7-12-5-2-3-6-12)17(24)14-9-15-16(23)18-10-13(22)11-21(15)19-14/h9,12-13,22H,2-8,10-11H2,1H3,(H,18,23). The second-order valence-electron chi connectivity index (χ2n) is 6.98. The van der Waals surface area contributed by atoms with E-state index < -0.39 is 6.10 Å². The van der Waals surface area contributed by atoms with Crippen LogP contribution in [0.2, 0.25) is 0 Å². The largest absolute Gasteiger partial charge is 0.389 e. The van der Waals surface area contributed by atoms with Gasteiger partial charge in [-0.15, -0.1) is 0 Å². The van der Waals surface area contributed by atoms with Gasteiger partial charge in [0.15, 0.2) is 5.69 Å². The lowest BCUT2D eigenvalue weighted by atomic mass is 10.0. The molecule has 0 bridgehead atoms. The summed E-state index contributed by atoms with van der Waals surface area (Å²) in [4.78, 5) is 26.2. The van der Waals surface area contributed by atoms with E-state index in [1.807, 2.05) is 0 Å². The number of aromatic nitrogens is 2. The summed E-state index contributed by atoms with van der Waals surface area (Å²) in [5.74, 6) is 0.341. The van der Waals surface area contributed by atoms with Crippen molar-refractivity contribution in [2.24, 2.45) is 5.92 Å². The third-order valence-corrected chi connectivity index (χ3v) is 5.04. The van der Waals surface area contributed by atoms with E-state index >= 15 is 0 Å². The van der Waals surface area contributed by atoms with Crippen LogP contribution in [0.5, 0.6) is 0 Å². The minimum atomic E-state index is -0.692. The molecule has 7 heteroatoms. The van der Waals surface area contributed by atoms with Crippen LogP contribution in [0.1, 0.15) is 59.5 Å². The molecule has 0 radical (unpaired) electrons. The number of β-amino-alcohol motifs (C(OH)–C–C–N with tert-alkyl or cyclic N) is 1. The maximum Gasteiger partial charge on any atom is 0.274 e. The summed E-state index contributed by atoms with van der Waals surface area (Å²) in [5, 5.41) is 16.6. The summed E-state index contributed by atoms with van der Waals surface area (Å²) < 4.78 is 1.42. The Bertz CT molecular complexity index is 607. The summed E-state index contributed by atoms with van der Waals surface area (Å²) in [6.45, 7) is 1.12. The van der Waals surface area contributed by atoms with Crippen LogP contribution in [0.15, 0.2) is 6.07 Å². The van der Waals surface area contributed by atoms with Gasteiger partial charge in [0.05, 0.1) is 12.6 Å². The summed E-state index contributed by atoms with van der Waals surface area (Å²) in [7, 11) is 1.77. The van der Waals surface area contributed by atoms with Gasteiger partial charge in [-0.3, -0.25) is 14.3 Å². The topological polar surface area (TPSA) is 87.5 Å². The molecular weight excluding hydrogens is 308 g/mol. The lowest BCUT2D eigenvalue weighted by Gasteiger charge is -2.17. The smallest absolute Gasteiger partial charge is 0.274 e. The Labute approximate surface area is 142 Å². The van der Waals surface area contributed by atoms with Crippen molar-refractivity contribution in [1.82, 2.24) is 20.0 Å². The zero-order chi connectivity index (χ0) is 17.1. The first-order valence-corrected chi connectivity index (χ1v) is 8.84. The second-order valence-corrected chi connectivity index (χ2v) is 6.98. The molecule has 2 heterocycles. The Kier molecular flexibility index (Phi) is 5.18. The Hall–Kier alpha value is -1.89. The molecule has 1 aromatic rings. The van der Waals surface area contributed by atoms with Gasteiger partial charge >= 0.3 is 0 Å². The van der Waals surface area contributed by atoms with Crippen LogP contribution in [0, 0.1) is 5.92 Å². The van der Waals surface area contributed by atoms with Crippen molar-refractivity contribution in [3.63, 3.8) is 0 Å². The molecule has 1 saturated carbocycles. The number of carbonyl (C=O) groups is 2. The molecule has 1 aromatic heterocycles. The van der Waals surface area contributed by atoms with Gasteiger partial charge in [-0.2, -0.15) is 5.10 Å². The minimum absolute atomic E-state index is 0.177. The van der Waals surface area contributed by atoms with Crippen molar-refractivity contribution in [2.45, 2.75) is 51.2 Å². The highest BCUT2D eigenvalue weighted by Gasteiger charge is 2.25. The van der Waals surface area contributed by atoms with E-state index in [2.05, 4.69) is 10.4 Å². The lowest BCUT2D eigenvalue weighted by molar-refractivity contribution is 0.0782. The zero-order valence-electron chi connectivity index (χ0n) is 14.2. The number of amides is 2. The third-order valence-electron chi connectivity index (χ3n) is 5.04. The van der Waals surface area contributed by atoms with Crippen molar-refractivity contribution < 1.29 is 14.7 Å². The Morgan fingerprint density at radius 2 is 2.21 bits per heavy atom. The van der Waals surface area contributed by atoms with Crippen molar-refractivity contribution in [2.75, 3.05) is 20.1 Å². The maximum absolute atomic E-state index is 12.5.